The maximum atomic E-state index is 9.78. The van der Waals surface area contributed by atoms with E-state index in [1.807, 2.05) is 70.2 Å². The molecule has 0 atom stereocenters. The Morgan fingerprint density at radius 2 is 1.31 bits per heavy atom. The molecular weight excluding hydrogens is 711 g/mol. The van der Waals surface area contributed by atoms with Gasteiger partial charge in [-0.3, -0.25) is 0 Å². The minimum absolute atomic E-state index is 0.0672. The van der Waals surface area contributed by atoms with Crippen LogP contribution in [0.2, 0.25) is 0 Å². The second-order valence-corrected chi connectivity index (χ2v) is 15.6. The normalized spacial score (nSPS) is 14.9. The first-order valence-corrected chi connectivity index (χ1v) is 19.4. The molecule has 0 aliphatic rings. The Bertz CT molecular complexity index is 3540. The first kappa shape index (κ1) is 27.9. The molecular formula is C52H46N5O+. The van der Waals surface area contributed by atoms with Crippen LogP contribution in [0.1, 0.15) is 78.8 Å². The van der Waals surface area contributed by atoms with E-state index in [4.69, 9.17) is 12.6 Å². The fourth-order valence-corrected chi connectivity index (χ4v) is 8.67. The third-order valence-electron chi connectivity index (χ3n) is 11.5. The summed E-state index contributed by atoms with van der Waals surface area (Å²) in [6.45, 7) is 4.07. The van der Waals surface area contributed by atoms with E-state index < -0.39 is 37.1 Å². The minimum atomic E-state index is -2.75. The van der Waals surface area contributed by atoms with Crippen molar-refractivity contribution in [2.45, 2.75) is 60.1 Å². The van der Waals surface area contributed by atoms with Crippen LogP contribution in [0.4, 0.5) is 0 Å². The first-order chi connectivity index (χ1) is 31.1. The van der Waals surface area contributed by atoms with Gasteiger partial charge in [-0.2, -0.15) is 4.57 Å². The Hall–Kier alpha value is -6.66. The summed E-state index contributed by atoms with van der Waals surface area (Å²) < 4.78 is 78.2. The van der Waals surface area contributed by atoms with Crippen LogP contribution in [0.15, 0.2) is 126 Å². The molecule has 0 aliphatic heterocycles. The SMILES string of the molecule is [2H]C([2H])([2H])c1nc(-c2ccc(-c3cc(C([2H])(C)C)c(-n4c(-c5c(C)ccc6oc7c8cc9ccccc9cc8ccc7c56)[n+](C)c5ccccc54)c(C([2H])(C)C)c3)cc2)nc(C([2H])([2H])[2H])n1. The lowest BCUT2D eigenvalue weighted by Gasteiger charge is -2.21. The zero-order chi connectivity index (χ0) is 46.8. The van der Waals surface area contributed by atoms with Gasteiger partial charge in [-0.15, -0.1) is 0 Å². The van der Waals surface area contributed by atoms with E-state index in [-0.39, 0.29) is 5.82 Å². The highest BCUT2D eigenvalue weighted by molar-refractivity contribution is 6.20. The summed E-state index contributed by atoms with van der Waals surface area (Å²) in [5, 5.41) is 6.39. The number of fused-ring (bicyclic) bond motifs is 7. The lowest BCUT2D eigenvalue weighted by atomic mass is 9.87. The van der Waals surface area contributed by atoms with Gasteiger partial charge in [0, 0.05) is 43.8 Å². The minimum Gasteiger partial charge on any atom is -0.455 e. The second-order valence-electron chi connectivity index (χ2n) is 15.6. The molecule has 0 fully saturated rings. The molecule has 6 heteroatoms. The number of hydrogen-bond donors (Lipinski definition) is 0. The van der Waals surface area contributed by atoms with Crippen molar-refractivity contribution in [2.75, 3.05) is 0 Å². The monoisotopic (exact) mass is 764 g/mol. The molecule has 3 heterocycles. The molecule has 0 saturated heterocycles. The average molecular weight is 765 g/mol. The zero-order valence-corrected chi connectivity index (χ0v) is 33.2. The van der Waals surface area contributed by atoms with Crippen LogP contribution >= 0.6 is 0 Å². The Labute approximate surface area is 349 Å². The second kappa shape index (κ2) is 13.5. The summed E-state index contributed by atoms with van der Waals surface area (Å²) in [7, 11) is 2.07. The molecule has 7 aromatic carbocycles. The van der Waals surface area contributed by atoms with Crippen LogP contribution in [0.3, 0.4) is 0 Å². The van der Waals surface area contributed by atoms with Crippen LogP contribution in [0.5, 0.6) is 0 Å². The molecule has 0 aliphatic carbocycles. The van der Waals surface area contributed by atoms with Gasteiger partial charge in [-0.05, 0) is 114 Å². The van der Waals surface area contributed by atoms with Crippen LogP contribution in [-0.4, -0.2) is 19.5 Å². The first-order valence-electron chi connectivity index (χ1n) is 23.4. The molecule has 0 N–H and O–H groups in total. The standard InChI is InChI=1S/C52H46N5O/c1-29(2)41-27-39(34-18-20-35(21-19-34)51-54-32(6)53-33(7)55-51)28-42(30(3)4)49(41)57-45-16-12-11-15-44(45)56(8)52(57)47-31(5)17-24-46-48(47)40-23-22-38-25-36-13-9-10-14-37(36)26-43(38)50(40)58-46/h9-30H,1-8H3/q+1/i6D3,7D3,29D,30D. The van der Waals surface area contributed by atoms with Gasteiger partial charge < -0.3 is 4.42 Å². The predicted octanol–water partition coefficient (Wildman–Crippen LogP) is 13.0. The van der Waals surface area contributed by atoms with Crippen molar-refractivity contribution in [3.05, 3.63) is 150 Å². The highest BCUT2D eigenvalue weighted by Crippen LogP contribution is 2.45. The highest BCUT2D eigenvalue weighted by atomic mass is 16.3. The summed E-state index contributed by atoms with van der Waals surface area (Å²) in [4.78, 5) is 12.1. The molecule has 0 spiro atoms. The van der Waals surface area contributed by atoms with Crippen LogP contribution in [0, 0.1) is 20.6 Å². The van der Waals surface area contributed by atoms with E-state index in [1.165, 1.54) is 0 Å². The summed E-state index contributed by atoms with van der Waals surface area (Å²) in [6.07, 6.45) is 0. The predicted molar refractivity (Wildman–Crippen MR) is 239 cm³/mol. The highest BCUT2D eigenvalue weighted by Gasteiger charge is 2.34. The fraction of sp³-hybridized carbons (Fsp3) is 0.192. The largest absolute Gasteiger partial charge is 0.455 e. The zero-order valence-electron chi connectivity index (χ0n) is 41.2. The number of para-hydroxylation sites is 2. The van der Waals surface area contributed by atoms with E-state index in [2.05, 4.69) is 105 Å². The molecule has 10 rings (SSSR count). The van der Waals surface area contributed by atoms with Crippen LogP contribution < -0.4 is 4.57 Å². The van der Waals surface area contributed by atoms with Gasteiger partial charge in [-0.25, -0.2) is 19.5 Å². The number of aryl methyl sites for hydroxylation is 4. The van der Waals surface area contributed by atoms with Gasteiger partial charge in [0.2, 0.25) is 0 Å². The fourth-order valence-electron chi connectivity index (χ4n) is 8.67. The number of benzene rings is 7. The van der Waals surface area contributed by atoms with Gasteiger partial charge in [-0.1, -0.05) is 100 Å². The van der Waals surface area contributed by atoms with E-state index in [9.17, 15) is 2.74 Å². The number of nitrogens with zero attached hydrogens (tertiary/aromatic N) is 5. The molecule has 58 heavy (non-hydrogen) atoms. The quantitative estimate of drug-likeness (QED) is 0.125. The molecule has 0 amide bonds. The molecule has 6 nitrogen and oxygen atoms in total. The van der Waals surface area contributed by atoms with Gasteiger partial charge in [0.15, 0.2) is 16.9 Å². The van der Waals surface area contributed by atoms with E-state index in [1.54, 1.807) is 12.1 Å². The maximum Gasteiger partial charge on any atom is 0.295 e. The lowest BCUT2D eigenvalue weighted by Crippen LogP contribution is -2.30. The van der Waals surface area contributed by atoms with Crippen LogP contribution in [0.25, 0.3) is 94.1 Å². The molecule has 0 saturated carbocycles. The van der Waals surface area contributed by atoms with Crippen LogP contribution in [-0.2, 0) is 7.05 Å². The molecule has 284 valence electrons. The van der Waals surface area contributed by atoms with Crippen molar-refractivity contribution >= 4 is 54.5 Å². The lowest BCUT2D eigenvalue weighted by molar-refractivity contribution is -0.633. The third-order valence-corrected chi connectivity index (χ3v) is 11.5. The Morgan fingerprint density at radius 3 is 2.00 bits per heavy atom. The van der Waals surface area contributed by atoms with Crippen molar-refractivity contribution in [3.8, 4) is 39.6 Å². The van der Waals surface area contributed by atoms with Crippen molar-refractivity contribution in [1.82, 2.24) is 19.5 Å². The van der Waals surface area contributed by atoms with Crippen molar-refractivity contribution in [1.29, 1.82) is 0 Å². The molecule has 0 unspecified atom stereocenters. The molecule has 0 bridgehead atoms. The summed E-state index contributed by atoms with van der Waals surface area (Å²) in [6, 6.07) is 40.6. The molecule has 0 radical (unpaired) electrons. The smallest absolute Gasteiger partial charge is 0.295 e. The number of imidazole rings is 1. The Morgan fingerprint density at radius 1 is 0.655 bits per heavy atom. The molecule has 10 aromatic rings. The third kappa shape index (κ3) is 5.61. The molecule has 3 aromatic heterocycles. The summed E-state index contributed by atoms with van der Waals surface area (Å²) in [5.41, 5.74) is 9.53. The maximum absolute atomic E-state index is 9.78. The van der Waals surface area contributed by atoms with Gasteiger partial charge in [0.25, 0.3) is 5.82 Å². The number of hydrogen-bond acceptors (Lipinski definition) is 4. The number of aromatic nitrogens is 5. The van der Waals surface area contributed by atoms with E-state index in [0.717, 1.165) is 88.3 Å². The van der Waals surface area contributed by atoms with E-state index in [0.29, 0.717) is 16.7 Å². The summed E-state index contributed by atoms with van der Waals surface area (Å²) >= 11 is 0. The van der Waals surface area contributed by atoms with Crippen molar-refractivity contribution in [3.63, 3.8) is 0 Å². The van der Waals surface area contributed by atoms with Gasteiger partial charge >= 0.3 is 0 Å². The average Bonchev–Trinajstić information content (AvgIpc) is 3.79. The summed E-state index contributed by atoms with van der Waals surface area (Å²) in [5.74, 6) is -2.72. The number of furan rings is 1. The Balaban J connectivity index is 1.22. The van der Waals surface area contributed by atoms with Gasteiger partial charge in [0.1, 0.15) is 28.5 Å². The van der Waals surface area contributed by atoms with Crippen molar-refractivity contribution in [2.24, 2.45) is 7.05 Å². The van der Waals surface area contributed by atoms with Crippen molar-refractivity contribution < 1.29 is 20.0 Å². The van der Waals surface area contributed by atoms with E-state index >= 15 is 0 Å². The number of rotatable bonds is 6. The Kier molecular flexibility index (Phi) is 6.48. The van der Waals surface area contributed by atoms with Gasteiger partial charge in [0.05, 0.1) is 12.6 Å². The topological polar surface area (TPSA) is 60.6 Å².